The van der Waals surface area contributed by atoms with Gasteiger partial charge in [0.15, 0.2) is 0 Å². The molecule has 2 atom stereocenters. The zero-order valence-corrected chi connectivity index (χ0v) is 11.6. The Morgan fingerprint density at radius 3 is 2.42 bits per heavy atom. The van der Waals surface area contributed by atoms with Crippen LogP contribution in [0.4, 0.5) is 0 Å². The molecule has 0 radical (unpaired) electrons. The second-order valence-electron chi connectivity index (χ2n) is 4.76. The molecule has 0 aliphatic carbocycles. The average Bonchev–Trinajstić information content (AvgIpc) is 2.39. The first kappa shape index (κ1) is 14.1. The quantitative estimate of drug-likeness (QED) is 0.898. The predicted molar refractivity (Wildman–Crippen MR) is 79.4 cm³/mol. The maximum atomic E-state index is 10.5. The molecule has 2 rings (SSSR count). The normalized spacial score (nSPS) is 14.1. The third-order valence-electron chi connectivity index (χ3n) is 3.30. The van der Waals surface area contributed by atoms with Crippen LogP contribution in [0, 0.1) is 6.92 Å². The summed E-state index contributed by atoms with van der Waals surface area (Å²) in [5.41, 5.74) is 8.80. The highest BCUT2D eigenvalue weighted by Gasteiger charge is 2.21. The van der Waals surface area contributed by atoms with Gasteiger partial charge in [0.1, 0.15) is 0 Å². The molecule has 3 N–H and O–H groups in total. The highest BCUT2D eigenvalue weighted by molar-refractivity contribution is 6.30. The first-order chi connectivity index (χ1) is 9.11. The van der Waals surface area contributed by atoms with Crippen molar-refractivity contribution in [3.05, 3.63) is 70.2 Å². The largest absolute Gasteiger partial charge is 0.388 e. The zero-order valence-electron chi connectivity index (χ0n) is 10.9. The highest BCUT2D eigenvalue weighted by atomic mass is 35.5. The number of rotatable bonds is 4. The predicted octanol–water partition coefficient (Wildman–Crippen LogP) is 3.42. The molecule has 0 bridgehead atoms. The summed E-state index contributed by atoms with van der Waals surface area (Å²) in [4.78, 5) is 0. The summed E-state index contributed by atoms with van der Waals surface area (Å²) < 4.78 is 0. The number of aryl methyl sites for hydroxylation is 1. The zero-order chi connectivity index (χ0) is 13.8. The molecule has 0 aliphatic heterocycles. The van der Waals surface area contributed by atoms with Crippen molar-refractivity contribution >= 4 is 11.6 Å². The summed E-state index contributed by atoms with van der Waals surface area (Å²) >= 11 is 6.00. The molecule has 3 heteroatoms. The molecular weight excluding hydrogens is 258 g/mol. The molecule has 0 aliphatic rings. The van der Waals surface area contributed by atoms with E-state index in [0.29, 0.717) is 11.6 Å². The molecule has 0 spiro atoms. The van der Waals surface area contributed by atoms with E-state index in [1.807, 2.05) is 55.5 Å². The Balaban J connectivity index is 2.31. The molecule has 0 saturated carbocycles. The molecule has 19 heavy (non-hydrogen) atoms. The van der Waals surface area contributed by atoms with Gasteiger partial charge in [-0.3, -0.25) is 0 Å². The fourth-order valence-electron chi connectivity index (χ4n) is 2.27. The lowest BCUT2D eigenvalue weighted by atomic mass is 9.89. The van der Waals surface area contributed by atoms with Crippen LogP contribution >= 0.6 is 11.6 Å². The molecule has 2 aromatic carbocycles. The molecule has 0 fully saturated rings. The van der Waals surface area contributed by atoms with Crippen LogP contribution in [0.25, 0.3) is 0 Å². The van der Waals surface area contributed by atoms with Gasteiger partial charge in [0, 0.05) is 17.5 Å². The van der Waals surface area contributed by atoms with Crippen molar-refractivity contribution in [2.45, 2.75) is 18.9 Å². The molecule has 2 unspecified atom stereocenters. The molecule has 0 amide bonds. The van der Waals surface area contributed by atoms with Crippen molar-refractivity contribution in [2.75, 3.05) is 6.54 Å². The van der Waals surface area contributed by atoms with Crippen LogP contribution in [0.3, 0.4) is 0 Å². The van der Waals surface area contributed by atoms with E-state index in [4.69, 9.17) is 17.3 Å². The topological polar surface area (TPSA) is 46.2 Å². The van der Waals surface area contributed by atoms with Crippen molar-refractivity contribution in [3.8, 4) is 0 Å². The molecule has 0 heterocycles. The second kappa shape index (κ2) is 6.20. The van der Waals surface area contributed by atoms with Gasteiger partial charge in [-0.25, -0.2) is 0 Å². The van der Waals surface area contributed by atoms with Crippen LogP contribution in [0.2, 0.25) is 5.02 Å². The molecule has 0 saturated heterocycles. The number of hydrogen-bond donors (Lipinski definition) is 2. The van der Waals surface area contributed by atoms with E-state index in [1.165, 1.54) is 0 Å². The van der Waals surface area contributed by atoms with Crippen molar-refractivity contribution in [3.63, 3.8) is 0 Å². The van der Waals surface area contributed by atoms with Crippen molar-refractivity contribution in [2.24, 2.45) is 5.73 Å². The van der Waals surface area contributed by atoms with E-state index in [-0.39, 0.29) is 5.92 Å². The maximum absolute atomic E-state index is 10.5. The van der Waals surface area contributed by atoms with Crippen LogP contribution in [-0.2, 0) is 0 Å². The lowest BCUT2D eigenvalue weighted by Crippen LogP contribution is -2.20. The Morgan fingerprint density at radius 2 is 1.79 bits per heavy atom. The SMILES string of the molecule is Cc1cccc(C(O)C(CN)c2cccc(Cl)c2)c1. The molecule has 2 nitrogen and oxygen atoms in total. The lowest BCUT2D eigenvalue weighted by molar-refractivity contribution is 0.147. The van der Waals surface area contributed by atoms with E-state index in [0.717, 1.165) is 16.7 Å². The summed E-state index contributed by atoms with van der Waals surface area (Å²) in [7, 11) is 0. The monoisotopic (exact) mass is 275 g/mol. The van der Waals surface area contributed by atoms with Gasteiger partial charge in [0.25, 0.3) is 0 Å². The van der Waals surface area contributed by atoms with E-state index in [1.54, 1.807) is 0 Å². The van der Waals surface area contributed by atoms with Gasteiger partial charge in [0.2, 0.25) is 0 Å². The number of benzene rings is 2. The summed E-state index contributed by atoms with van der Waals surface area (Å²) in [6.45, 7) is 2.38. The first-order valence-corrected chi connectivity index (χ1v) is 6.70. The minimum Gasteiger partial charge on any atom is -0.388 e. The Morgan fingerprint density at radius 1 is 1.11 bits per heavy atom. The lowest BCUT2D eigenvalue weighted by Gasteiger charge is -2.22. The summed E-state index contributed by atoms with van der Waals surface area (Å²) in [5, 5.41) is 11.2. The fraction of sp³-hybridized carbons (Fsp3) is 0.250. The summed E-state index contributed by atoms with van der Waals surface area (Å²) in [5.74, 6) is -0.152. The smallest absolute Gasteiger partial charge is 0.0870 e. The van der Waals surface area contributed by atoms with E-state index in [9.17, 15) is 5.11 Å². The Kier molecular flexibility index (Phi) is 4.59. The number of hydrogen-bond acceptors (Lipinski definition) is 2. The van der Waals surface area contributed by atoms with Gasteiger partial charge in [0.05, 0.1) is 6.10 Å². The number of aliphatic hydroxyl groups excluding tert-OH is 1. The minimum atomic E-state index is -0.622. The summed E-state index contributed by atoms with van der Waals surface area (Å²) in [6, 6.07) is 15.4. The van der Waals surface area contributed by atoms with Gasteiger partial charge in [-0.15, -0.1) is 0 Å². The van der Waals surface area contributed by atoms with E-state index < -0.39 is 6.10 Å². The van der Waals surface area contributed by atoms with E-state index >= 15 is 0 Å². The molecule has 2 aromatic rings. The summed E-state index contributed by atoms with van der Waals surface area (Å²) in [6.07, 6.45) is -0.622. The molecule has 100 valence electrons. The van der Waals surface area contributed by atoms with Crippen LogP contribution in [-0.4, -0.2) is 11.7 Å². The van der Waals surface area contributed by atoms with Crippen molar-refractivity contribution < 1.29 is 5.11 Å². The van der Waals surface area contributed by atoms with Crippen LogP contribution in [0.1, 0.15) is 28.7 Å². The number of halogens is 1. The third kappa shape index (κ3) is 3.35. The third-order valence-corrected chi connectivity index (χ3v) is 3.53. The maximum Gasteiger partial charge on any atom is 0.0870 e. The average molecular weight is 276 g/mol. The van der Waals surface area contributed by atoms with Gasteiger partial charge >= 0.3 is 0 Å². The second-order valence-corrected chi connectivity index (χ2v) is 5.19. The Hall–Kier alpha value is -1.35. The van der Waals surface area contributed by atoms with Crippen molar-refractivity contribution in [1.82, 2.24) is 0 Å². The Bertz CT molecular complexity index is 556. The molecular formula is C16H18ClNO. The first-order valence-electron chi connectivity index (χ1n) is 6.32. The molecule has 0 aromatic heterocycles. The van der Waals surface area contributed by atoms with Gasteiger partial charge in [-0.05, 0) is 30.2 Å². The van der Waals surface area contributed by atoms with Crippen LogP contribution in [0.15, 0.2) is 48.5 Å². The van der Waals surface area contributed by atoms with Crippen LogP contribution < -0.4 is 5.73 Å². The van der Waals surface area contributed by atoms with Crippen LogP contribution in [0.5, 0.6) is 0 Å². The van der Waals surface area contributed by atoms with Gasteiger partial charge in [-0.2, -0.15) is 0 Å². The standard InChI is InChI=1S/C16H18ClNO/c1-11-4-2-6-13(8-11)16(19)15(10-18)12-5-3-7-14(17)9-12/h2-9,15-16,19H,10,18H2,1H3. The Labute approximate surface area is 118 Å². The van der Waals surface area contributed by atoms with Crippen molar-refractivity contribution in [1.29, 1.82) is 0 Å². The minimum absolute atomic E-state index is 0.152. The fourth-order valence-corrected chi connectivity index (χ4v) is 2.47. The number of aliphatic hydroxyl groups is 1. The number of nitrogens with two attached hydrogens (primary N) is 1. The van der Waals surface area contributed by atoms with Gasteiger partial charge in [-0.1, -0.05) is 53.6 Å². The van der Waals surface area contributed by atoms with E-state index in [2.05, 4.69) is 0 Å². The highest BCUT2D eigenvalue weighted by Crippen LogP contribution is 2.31. The van der Waals surface area contributed by atoms with Gasteiger partial charge < -0.3 is 10.8 Å².